The molecule has 1 atom stereocenters. The fourth-order valence-electron chi connectivity index (χ4n) is 1.55. The van der Waals surface area contributed by atoms with Gasteiger partial charge in [-0.15, -0.1) is 0 Å². The van der Waals surface area contributed by atoms with Gasteiger partial charge in [-0.25, -0.2) is 4.98 Å². The average molecular weight is 269 g/mol. The fraction of sp³-hybridized carbons (Fsp3) is 0.167. The predicted octanol–water partition coefficient (Wildman–Crippen LogP) is 3.63. The first-order valence-electron chi connectivity index (χ1n) is 5.06. The lowest BCUT2D eigenvalue weighted by Crippen LogP contribution is -2.15. The van der Waals surface area contributed by atoms with E-state index in [9.17, 15) is 4.79 Å². The number of halogens is 2. The van der Waals surface area contributed by atoms with Gasteiger partial charge in [-0.3, -0.25) is 4.79 Å². The molecule has 17 heavy (non-hydrogen) atoms. The summed E-state index contributed by atoms with van der Waals surface area (Å²) in [6.45, 7) is 1.80. The Kier molecular flexibility index (Phi) is 3.50. The summed E-state index contributed by atoms with van der Waals surface area (Å²) in [5.74, 6) is -0.0651. The second kappa shape index (κ2) is 4.90. The van der Waals surface area contributed by atoms with Crippen LogP contribution in [-0.4, -0.2) is 15.3 Å². The zero-order valence-corrected chi connectivity index (χ0v) is 10.6. The molecule has 3 nitrogen and oxygen atoms in total. The molecule has 5 heteroatoms. The highest BCUT2D eigenvalue weighted by molar-refractivity contribution is 6.36. The number of aromatic nitrogens is 2. The first-order valence-corrected chi connectivity index (χ1v) is 5.82. The van der Waals surface area contributed by atoms with E-state index in [1.807, 2.05) is 0 Å². The second-order valence-electron chi connectivity index (χ2n) is 3.67. The van der Waals surface area contributed by atoms with E-state index in [1.54, 1.807) is 48.4 Å². The van der Waals surface area contributed by atoms with Gasteiger partial charge in [0.1, 0.15) is 0 Å². The van der Waals surface area contributed by atoms with Crippen LogP contribution in [0, 0.1) is 0 Å². The smallest absolute Gasteiger partial charge is 0.186 e. The molecular formula is C12H10Cl2N2O. The highest BCUT2D eigenvalue weighted by Gasteiger charge is 2.18. The van der Waals surface area contributed by atoms with Crippen LogP contribution in [0.1, 0.15) is 23.3 Å². The van der Waals surface area contributed by atoms with Gasteiger partial charge in [0.25, 0.3) is 0 Å². The first kappa shape index (κ1) is 12.1. The molecule has 0 fully saturated rings. The van der Waals surface area contributed by atoms with Crippen LogP contribution in [0.2, 0.25) is 10.0 Å². The van der Waals surface area contributed by atoms with Crippen LogP contribution in [0.4, 0.5) is 0 Å². The van der Waals surface area contributed by atoms with Gasteiger partial charge in [0.05, 0.1) is 17.4 Å². The summed E-state index contributed by atoms with van der Waals surface area (Å²) >= 11 is 11.8. The highest BCUT2D eigenvalue weighted by Crippen LogP contribution is 2.24. The van der Waals surface area contributed by atoms with Gasteiger partial charge < -0.3 is 4.57 Å². The molecule has 88 valence electrons. The van der Waals surface area contributed by atoms with Crippen LogP contribution in [-0.2, 0) is 0 Å². The normalized spacial score (nSPS) is 12.4. The van der Waals surface area contributed by atoms with Crippen LogP contribution >= 0.6 is 23.2 Å². The molecular weight excluding hydrogens is 259 g/mol. The number of carbonyl (C=O) groups is 1. The number of hydrogen-bond acceptors (Lipinski definition) is 2. The van der Waals surface area contributed by atoms with Crippen molar-refractivity contribution in [1.82, 2.24) is 9.55 Å². The van der Waals surface area contributed by atoms with Gasteiger partial charge in [-0.1, -0.05) is 23.2 Å². The summed E-state index contributed by atoms with van der Waals surface area (Å²) in [5, 5.41) is 0.885. The largest absolute Gasteiger partial charge is 0.327 e. The molecule has 2 aromatic rings. The molecule has 2 rings (SSSR count). The number of hydrogen-bond donors (Lipinski definition) is 0. The van der Waals surface area contributed by atoms with Crippen LogP contribution in [0.5, 0.6) is 0 Å². The van der Waals surface area contributed by atoms with E-state index in [0.717, 1.165) is 0 Å². The minimum Gasteiger partial charge on any atom is -0.327 e. The minimum atomic E-state index is -0.337. The number of rotatable bonds is 3. The molecule has 0 bridgehead atoms. The van der Waals surface area contributed by atoms with Crippen LogP contribution < -0.4 is 0 Å². The van der Waals surface area contributed by atoms with E-state index in [2.05, 4.69) is 4.98 Å². The maximum absolute atomic E-state index is 12.2. The van der Waals surface area contributed by atoms with Crippen molar-refractivity contribution in [2.75, 3.05) is 0 Å². The van der Waals surface area contributed by atoms with Crippen LogP contribution in [0.25, 0.3) is 0 Å². The van der Waals surface area contributed by atoms with Crippen molar-refractivity contribution in [1.29, 1.82) is 0 Å². The maximum Gasteiger partial charge on any atom is 0.186 e. The third-order valence-electron chi connectivity index (χ3n) is 2.55. The number of imidazole rings is 1. The Morgan fingerprint density at radius 1 is 1.41 bits per heavy atom. The van der Waals surface area contributed by atoms with Crippen LogP contribution in [0.3, 0.4) is 0 Å². The van der Waals surface area contributed by atoms with Crippen LogP contribution in [0.15, 0.2) is 36.9 Å². The van der Waals surface area contributed by atoms with E-state index in [1.165, 1.54) is 0 Å². The quantitative estimate of drug-likeness (QED) is 0.797. The van der Waals surface area contributed by atoms with Crippen molar-refractivity contribution in [2.24, 2.45) is 0 Å². The van der Waals surface area contributed by atoms with E-state index < -0.39 is 0 Å². The third kappa shape index (κ3) is 2.51. The Hall–Kier alpha value is -1.32. The summed E-state index contributed by atoms with van der Waals surface area (Å²) < 4.78 is 1.73. The molecule has 1 aromatic heterocycles. The summed E-state index contributed by atoms with van der Waals surface area (Å²) in [6, 6.07) is 4.52. The van der Waals surface area contributed by atoms with E-state index in [0.29, 0.717) is 15.6 Å². The maximum atomic E-state index is 12.2. The third-order valence-corrected chi connectivity index (χ3v) is 3.10. The molecule has 0 N–H and O–H groups in total. The standard InChI is InChI=1S/C12H10Cl2N2O/c1-8(16-5-4-15-7-16)12(17)10-3-2-9(13)6-11(10)14/h2-8H,1H3/t8-/m0/s1. The number of Topliss-reactive ketones (excluding diaryl/α,β-unsaturated/α-hetero) is 1. The van der Waals surface area contributed by atoms with Gasteiger partial charge in [0.2, 0.25) is 0 Å². The number of ketones is 1. The zero-order valence-electron chi connectivity index (χ0n) is 9.10. The van der Waals surface area contributed by atoms with Crippen molar-refractivity contribution >= 4 is 29.0 Å². The lowest BCUT2D eigenvalue weighted by molar-refractivity contribution is 0.0935. The Morgan fingerprint density at radius 3 is 2.76 bits per heavy atom. The van der Waals surface area contributed by atoms with E-state index >= 15 is 0 Å². The summed E-state index contributed by atoms with van der Waals surface area (Å²) in [6.07, 6.45) is 4.98. The fourth-order valence-corrected chi connectivity index (χ4v) is 2.05. The number of carbonyl (C=O) groups excluding carboxylic acids is 1. The van der Waals surface area contributed by atoms with Gasteiger partial charge in [-0.05, 0) is 25.1 Å². The van der Waals surface area contributed by atoms with E-state index in [-0.39, 0.29) is 11.8 Å². The van der Waals surface area contributed by atoms with Crippen molar-refractivity contribution < 1.29 is 4.79 Å². The SMILES string of the molecule is C[C@@H](C(=O)c1ccc(Cl)cc1Cl)n1ccnc1. The lowest BCUT2D eigenvalue weighted by Gasteiger charge is -2.12. The Balaban J connectivity index is 2.31. The topological polar surface area (TPSA) is 34.9 Å². The molecule has 0 saturated heterocycles. The molecule has 0 saturated carbocycles. The molecule has 0 aliphatic rings. The van der Waals surface area contributed by atoms with Gasteiger partial charge >= 0.3 is 0 Å². The van der Waals surface area contributed by atoms with Gasteiger partial charge in [0.15, 0.2) is 5.78 Å². The molecule has 0 radical (unpaired) electrons. The van der Waals surface area contributed by atoms with Crippen molar-refractivity contribution in [3.05, 3.63) is 52.5 Å². The lowest BCUT2D eigenvalue weighted by atomic mass is 10.1. The second-order valence-corrected chi connectivity index (χ2v) is 4.52. The summed E-state index contributed by atoms with van der Waals surface area (Å²) in [7, 11) is 0. The first-order chi connectivity index (χ1) is 8.09. The molecule has 0 spiro atoms. The summed E-state index contributed by atoms with van der Waals surface area (Å²) in [5.41, 5.74) is 0.470. The molecule has 1 heterocycles. The zero-order chi connectivity index (χ0) is 12.4. The molecule has 1 aromatic carbocycles. The highest BCUT2D eigenvalue weighted by atomic mass is 35.5. The molecule has 0 aliphatic heterocycles. The number of benzene rings is 1. The van der Waals surface area contributed by atoms with Crippen molar-refractivity contribution in [3.63, 3.8) is 0 Å². The van der Waals surface area contributed by atoms with Gasteiger partial charge in [-0.2, -0.15) is 0 Å². The van der Waals surface area contributed by atoms with Crippen molar-refractivity contribution in [3.8, 4) is 0 Å². The molecule has 0 unspecified atom stereocenters. The number of nitrogens with zero attached hydrogens (tertiary/aromatic N) is 2. The molecule has 0 aliphatic carbocycles. The Morgan fingerprint density at radius 2 is 2.18 bits per heavy atom. The Labute approximate surface area is 109 Å². The molecule has 0 amide bonds. The van der Waals surface area contributed by atoms with E-state index in [4.69, 9.17) is 23.2 Å². The monoisotopic (exact) mass is 268 g/mol. The average Bonchev–Trinajstić information content (AvgIpc) is 2.80. The van der Waals surface area contributed by atoms with Crippen molar-refractivity contribution in [2.45, 2.75) is 13.0 Å². The van der Waals surface area contributed by atoms with Gasteiger partial charge in [0, 0.05) is 23.0 Å². The predicted molar refractivity (Wildman–Crippen MR) is 67.7 cm³/mol. The minimum absolute atomic E-state index is 0.0651. The Bertz CT molecular complexity index is 537. The summed E-state index contributed by atoms with van der Waals surface area (Å²) in [4.78, 5) is 16.1.